The van der Waals surface area contributed by atoms with Gasteiger partial charge in [-0.15, -0.1) is 0 Å². The van der Waals surface area contributed by atoms with Crippen LogP contribution in [0.1, 0.15) is 46.5 Å². The van der Waals surface area contributed by atoms with E-state index in [9.17, 15) is 5.11 Å². The van der Waals surface area contributed by atoms with Crippen molar-refractivity contribution in [2.45, 2.75) is 52.6 Å². The van der Waals surface area contributed by atoms with Gasteiger partial charge in [0.2, 0.25) is 0 Å². The molecule has 0 aromatic rings. The second kappa shape index (κ2) is 3.00. The minimum atomic E-state index is 0.0315. The van der Waals surface area contributed by atoms with Crippen LogP contribution in [0.2, 0.25) is 0 Å². The lowest BCUT2D eigenvalue weighted by Crippen LogP contribution is -2.32. The van der Waals surface area contributed by atoms with Crippen LogP contribution < -0.4 is 0 Å². The molecule has 0 spiro atoms. The number of rotatable bonds is 0. The predicted molar refractivity (Wildman–Crippen MR) is 61.4 cm³/mol. The predicted octanol–water partition coefficient (Wildman–Crippen LogP) is 3.08. The van der Waals surface area contributed by atoms with Crippen molar-refractivity contribution < 1.29 is 5.11 Å². The zero-order valence-electron chi connectivity index (χ0n) is 10.2. The summed E-state index contributed by atoms with van der Waals surface area (Å²) in [6.45, 7) is 7.20. The standard InChI is InChI=1S/C14H24O/c1-14(2,3)13-5-8-4-12(13)11-7-9(15)6-10(8)11/h8-13,15H,4-7H2,1-3H3. The second-order valence-corrected chi connectivity index (χ2v) is 7.32. The minimum Gasteiger partial charge on any atom is -0.393 e. The molecule has 1 nitrogen and oxygen atoms in total. The van der Waals surface area contributed by atoms with E-state index in [0.29, 0.717) is 5.41 Å². The van der Waals surface area contributed by atoms with Crippen LogP contribution in [0.3, 0.4) is 0 Å². The second-order valence-electron chi connectivity index (χ2n) is 7.32. The van der Waals surface area contributed by atoms with E-state index in [-0.39, 0.29) is 6.10 Å². The zero-order valence-corrected chi connectivity index (χ0v) is 10.2. The molecule has 0 amide bonds. The fourth-order valence-electron chi connectivity index (χ4n) is 5.04. The number of aliphatic hydroxyl groups excluding tert-OH is 1. The molecular formula is C14H24O. The molecule has 2 bridgehead atoms. The smallest absolute Gasteiger partial charge is 0.0546 e. The molecule has 3 saturated carbocycles. The van der Waals surface area contributed by atoms with Crippen LogP contribution in [-0.2, 0) is 0 Å². The molecule has 6 atom stereocenters. The molecule has 86 valence electrons. The van der Waals surface area contributed by atoms with Crippen molar-refractivity contribution in [3.8, 4) is 0 Å². The summed E-state index contributed by atoms with van der Waals surface area (Å²) in [5, 5.41) is 9.79. The molecule has 1 N–H and O–H groups in total. The van der Waals surface area contributed by atoms with E-state index in [1.165, 1.54) is 12.8 Å². The molecule has 1 heteroatoms. The Balaban J connectivity index is 1.82. The molecular weight excluding hydrogens is 184 g/mol. The Morgan fingerprint density at radius 3 is 2.20 bits per heavy atom. The third-order valence-electron chi connectivity index (χ3n) is 5.55. The van der Waals surface area contributed by atoms with Gasteiger partial charge in [0.25, 0.3) is 0 Å². The highest BCUT2D eigenvalue weighted by Gasteiger charge is 2.57. The molecule has 15 heavy (non-hydrogen) atoms. The number of aliphatic hydroxyl groups is 1. The Kier molecular flexibility index (Phi) is 2.03. The van der Waals surface area contributed by atoms with Crippen LogP contribution in [0.5, 0.6) is 0 Å². The monoisotopic (exact) mass is 208 g/mol. The molecule has 0 heterocycles. The normalized spacial score (nSPS) is 53.6. The third-order valence-corrected chi connectivity index (χ3v) is 5.55. The van der Waals surface area contributed by atoms with Crippen molar-refractivity contribution in [1.29, 1.82) is 0 Å². The average molecular weight is 208 g/mol. The fraction of sp³-hybridized carbons (Fsp3) is 1.00. The molecule has 3 aliphatic rings. The van der Waals surface area contributed by atoms with Gasteiger partial charge in [0, 0.05) is 0 Å². The molecule has 0 saturated heterocycles. The van der Waals surface area contributed by atoms with Gasteiger partial charge in [0.05, 0.1) is 6.10 Å². The van der Waals surface area contributed by atoms with Gasteiger partial charge >= 0.3 is 0 Å². The first-order valence-corrected chi connectivity index (χ1v) is 6.65. The molecule has 0 aromatic heterocycles. The van der Waals surface area contributed by atoms with E-state index < -0.39 is 0 Å². The summed E-state index contributed by atoms with van der Waals surface area (Å²) in [6.07, 6.45) is 5.18. The molecule has 3 aliphatic carbocycles. The van der Waals surface area contributed by atoms with Crippen molar-refractivity contribution in [3.05, 3.63) is 0 Å². The van der Waals surface area contributed by atoms with Crippen LogP contribution >= 0.6 is 0 Å². The lowest BCUT2D eigenvalue weighted by atomic mass is 9.66. The minimum absolute atomic E-state index is 0.0315. The maximum Gasteiger partial charge on any atom is 0.0546 e. The first-order valence-electron chi connectivity index (χ1n) is 6.65. The van der Waals surface area contributed by atoms with E-state index in [4.69, 9.17) is 0 Å². The third kappa shape index (κ3) is 1.39. The molecule has 0 aromatic carbocycles. The highest BCUT2D eigenvalue weighted by atomic mass is 16.3. The quantitative estimate of drug-likeness (QED) is 0.648. The Morgan fingerprint density at radius 1 is 0.867 bits per heavy atom. The summed E-state index contributed by atoms with van der Waals surface area (Å²) in [5.74, 6) is 4.60. The number of hydrogen-bond donors (Lipinski definition) is 1. The van der Waals surface area contributed by atoms with E-state index >= 15 is 0 Å². The molecule has 6 unspecified atom stereocenters. The summed E-state index contributed by atoms with van der Waals surface area (Å²) in [4.78, 5) is 0. The first kappa shape index (κ1) is 10.1. The van der Waals surface area contributed by atoms with Crippen LogP contribution in [0.25, 0.3) is 0 Å². The van der Waals surface area contributed by atoms with Gasteiger partial charge in [0.1, 0.15) is 0 Å². The first-order chi connectivity index (χ1) is 6.97. The van der Waals surface area contributed by atoms with E-state index in [2.05, 4.69) is 20.8 Å². The van der Waals surface area contributed by atoms with Crippen LogP contribution in [0.4, 0.5) is 0 Å². The van der Waals surface area contributed by atoms with Gasteiger partial charge in [-0.3, -0.25) is 0 Å². The van der Waals surface area contributed by atoms with Gasteiger partial charge in [-0.2, -0.15) is 0 Å². The van der Waals surface area contributed by atoms with Crippen molar-refractivity contribution in [1.82, 2.24) is 0 Å². The van der Waals surface area contributed by atoms with Crippen LogP contribution in [0.15, 0.2) is 0 Å². The highest BCUT2D eigenvalue weighted by molar-refractivity contribution is 5.06. The fourth-order valence-corrected chi connectivity index (χ4v) is 5.04. The van der Waals surface area contributed by atoms with Crippen molar-refractivity contribution in [2.24, 2.45) is 35.0 Å². The summed E-state index contributed by atoms with van der Waals surface area (Å²) < 4.78 is 0. The average Bonchev–Trinajstić information content (AvgIpc) is 2.68. The maximum absolute atomic E-state index is 9.79. The van der Waals surface area contributed by atoms with Crippen LogP contribution in [-0.4, -0.2) is 11.2 Å². The summed E-state index contributed by atoms with van der Waals surface area (Å²) in [5.41, 5.74) is 0.484. The van der Waals surface area contributed by atoms with E-state index in [0.717, 1.165) is 42.4 Å². The molecule has 0 aliphatic heterocycles. The lowest BCUT2D eigenvalue weighted by molar-refractivity contribution is 0.0946. The van der Waals surface area contributed by atoms with Crippen molar-refractivity contribution in [2.75, 3.05) is 0 Å². The Bertz CT molecular complexity index is 265. The van der Waals surface area contributed by atoms with E-state index in [1.54, 1.807) is 0 Å². The van der Waals surface area contributed by atoms with Crippen LogP contribution in [0, 0.1) is 35.0 Å². The topological polar surface area (TPSA) is 20.2 Å². The van der Waals surface area contributed by atoms with Gasteiger partial charge in [0.15, 0.2) is 0 Å². The summed E-state index contributed by atoms with van der Waals surface area (Å²) >= 11 is 0. The van der Waals surface area contributed by atoms with Crippen molar-refractivity contribution >= 4 is 0 Å². The van der Waals surface area contributed by atoms with Crippen molar-refractivity contribution in [3.63, 3.8) is 0 Å². The number of hydrogen-bond acceptors (Lipinski definition) is 1. The van der Waals surface area contributed by atoms with Gasteiger partial charge < -0.3 is 5.11 Å². The largest absolute Gasteiger partial charge is 0.393 e. The molecule has 0 radical (unpaired) electrons. The van der Waals surface area contributed by atoms with Gasteiger partial charge in [-0.1, -0.05) is 20.8 Å². The summed E-state index contributed by atoms with van der Waals surface area (Å²) in [7, 11) is 0. The zero-order chi connectivity index (χ0) is 10.8. The summed E-state index contributed by atoms with van der Waals surface area (Å²) in [6, 6.07) is 0. The number of fused-ring (bicyclic) bond motifs is 5. The van der Waals surface area contributed by atoms with Gasteiger partial charge in [-0.25, -0.2) is 0 Å². The van der Waals surface area contributed by atoms with Gasteiger partial charge in [-0.05, 0) is 60.7 Å². The molecule has 3 rings (SSSR count). The highest BCUT2D eigenvalue weighted by Crippen LogP contribution is 2.64. The lowest BCUT2D eigenvalue weighted by Gasteiger charge is -2.39. The Labute approximate surface area is 93.3 Å². The Hall–Kier alpha value is -0.0400. The Morgan fingerprint density at radius 2 is 1.53 bits per heavy atom. The van der Waals surface area contributed by atoms with E-state index in [1.807, 2.05) is 0 Å². The molecule has 3 fully saturated rings. The maximum atomic E-state index is 9.79. The SMILES string of the molecule is CC(C)(C)C1CC2CC1C1CC(O)CC21.